The van der Waals surface area contributed by atoms with Gasteiger partial charge in [-0.3, -0.25) is 0 Å². The monoisotopic (exact) mass is 229 g/mol. The first-order chi connectivity index (χ1) is 7.61. The van der Waals surface area contributed by atoms with Crippen LogP contribution in [-0.4, -0.2) is 35.9 Å². The normalized spacial score (nSPS) is 13.8. The van der Waals surface area contributed by atoms with Crippen LogP contribution in [0.15, 0.2) is 11.6 Å². The predicted octanol–water partition coefficient (Wildman–Crippen LogP) is 1.41. The molecular weight excluding hydrogens is 206 g/mol. The number of carbonyl (C=O) groups is 1. The summed E-state index contributed by atoms with van der Waals surface area (Å²) < 4.78 is 0. The number of aliphatic hydroxyl groups is 1. The van der Waals surface area contributed by atoms with E-state index in [1.54, 1.807) is 6.08 Å². The van der Waals surface area contributed by atoms with E-state index in [0.29, 0.717) is 24.5 Å². The van der Waals surface area contributed by atoms with Crippen LogP contribution in [0, 0.1) is 5.92 Å². The molecule has 0 aliphatic carbocycles. The SMILES string of the molecule is CCC(=CCNCCCC(C)CO)C(=O)O. The van der Waals surface area contributed by atoms with Crippen LogP contribution >= 0.6 is 0 Å². The third-order valence-electron chi connectivity index (χ3n) is 2.51. The molecule has 94 valence electrons. The van der Waals surface area contributed by atoms with Crippen LogP contribution < -0.4 is 5.32 Å². The first kappa shape index (κ1) is 15.1. The Morgan fingerprint density at radius 1 is 1.50 bits per heavy atom. The molecular formula is C12H23NO3. The molecule has 0 aromatic rings. The third-order valence-corrected chi connectivity index (χ3v) is 2.51. The number of nitrogens with one attached hydrogen (secondary N) is 1. The summed E-state index contributed by atoms with van der Waals surface area (Å²) >= 11 is 0. The van der Waals surface area contributed by atoms with Gasteiger partial charge in [0.1, 0.15) is 0 Å². The molecule has 4 heteroatoms. The van der Waals surface area contributed by atoms with E-state index in [1.807, 2.05) is 13.8 Å². The van der Waals surface area contributed by atoms with E-state index in [9.17, 15) is 4.79 Å². The van der Waals surface area contributed by atoms with Crippen LogP contribution in [-0.2, 0) is 4.79 Å². The van der Waals surface area contributed by atoms with Gasteiger partial charge >= 0.3 is 5.97 Å². The fourth-order valence-corrected chi connectivity index (χ4v) is 1.35. The standard InChI is InChI=1S/C12H23NO3/c1-3-11(12(15)16)6-8-13-7-4-5-10(2)9-14/h6,10,13-14H,3-5,7-9H2,1-2H3,(H,15,16). The van der Waals surface area contributed by atoms with E-state index in [4.69, 9.17) is 10.2 Å². The lowest BCUT2D eigenvalue weighted by molar-refractivity contribution is -0.132. The zero-order valence-electron chi connectivity index (χ0n) is 10.2. The maximum atomic E-state index is 10.7. The number of carboxylic acids is 1. The lowest BCUT2D eigenvalue weighted by Gasteiger charge is -2.07. The molecule has 0 radical (unpaired) electrons. The maximum Gasteiger partial charge on any atom is 0.331 e. The molecule has 4 nitrogen and oxygen atoms in total. The Balaban J connectivity index is 3.55. The van der Waals surface area contributed by atoms with Crippen LogP contribution in [0.4, 0.5) is 0 Å². The summed E-state index contributed by atoms with van der Waals surface area (Å²) in [6, 6.07) is 0. The summed E-state index contributed by atoms with van der Waals surface area (Å²) in [5.41, 5.74) is 0.455. The molecule has 1 atom stereocenters. The van der Waals surface area contributed by atoms with Crippen LogP contribution in [0.1, 0.15) is 33.1 Å². The summed E-state index contributed by atoms with van der Waals surface area (Å²) in [6.07, 6.45) is 4.27. The minimum absolute atomic E-state index is 0.235. The second-order valence-corrected chi connectivity index (χ2v) is 4.02. The molecule has 16 heavy (non-hydrogen) atoms. The summed E-state index contributed by atoms with van der Waals surface area (Å²) in [4.78, 5) is 10.7. The molecule has 0 saturated carbocycles. The van der Waals surface area contributed by atoms with Crippen LogP contribution in [0.3, 0.4) is 0 Å². The van der Waals surface area contributed by atoms with E-state index in [0.717, 1.165) is 19.4 Å². The van der Waals surface area contributed by atoms with Crippen molar-refractivity contribution < 1.29 is 15.0 Å². The Labute approximate surface area is 97.4 Å². The van der Waals surface area contributed by atoms with Crippen molar-refractivity contribution in [2.75, 3.05) is 19.7 Å². The smallest absolute Gasteiger partial charge is 0.331 e. The highest BCUT2D eigenvalue weighted by Gasteiger charge is 2.02. The van der Waals surface area contributed by atoms with Crippen molar-refractivity contribution in [3.8, 4) is 0 Å². The van der Waals surface area contributed by atoms with E-state index in [2.05, 4.69) is 5.32 Å². The van der Waals surface area contributed by atoms with Crippen molar-refractivity contribution in [2.24, 2.45) is 5.92 Å². The molecule has 0 saturated heterocycles. The van der Waals surface area contributed by atoms with E-state index < -0.39 is 5.97 Å². The van der Waals surface area contributed by atoms with E-state index in [-0.39, 0.29) is 6.61 Å². The third kappa shape index (κ3) is 7.43. The number of aliphatic hydroxyl groups excluding tert-OH is 1. The molecule has 0 aromatic carbocycles. The van der Waals surface area contributed by atoms with Gasteiger partial charge in [-0.2, -0.15) is 0 Å². The summed E-state index contributed by atoms with van der Waals surface area (Å²) in [5, 5.41) is 20.7. The average Bonchev–Trinajstić information content (AvgIpc) is 2.27. The van der Waals surface area contributed by atoms with Crippen molar-refractivity contribution in [2.45, 2.75) is 33.1 Å². The average molecular weight is 229 g/mol. The Kier molecular flexibility index (Phi) is 8.85. The van der Waals surface area contributed by atoms with Gasteiger partial charge in [-0.05, 0) is 31.7 Å². The van der Waals surface area contributed by atoms with Gasteiger partial charge in [0.25, 0.3) is 0 Å². The van der Waals surface area contributed by atoms with Gasteiger partial charge < -0.3 is 15.5 Å². The zero-order chi connectivity index (χ0) is 12.4. The van der Waals surface area contributed by atoms with E-state index >= 15 is 0 Å². The fourth-order valence-electron chi connectivity index (χ4n) is 1.35. The van der Waals surface area contributed by atoms with E-state index in [1.165, 1.54) is 0 Å². The largest absolute Gasteiger partial charge is 0.478 e. The first-order valence-electron chi connectivity index (χ1n) is 5.85. The highest BCUT2D eigenvalue weighted by molar-refractivity contribution is 5.86. The second-order valence-electron chi connectivity index (χ2n) is 4.02. The summed E-state index contributed by atoms with van der Waals surface area (Å²) in [5.74, 6) is -0.485. The van der Waals surface area contributed by atoms with Crippen molar-refractivity contribution in [1.29, 1.82) is 0 Å². The minimum atomic E-state index is -0.835. The van der Waals surface area contributed by atoms with Gasteiger partial charge in [0.15, 0.2) is 0 Å². The van der Waals surface area contributed by atoms with Gasteiger partial charge in [-0.1, -0.05) is 19.9 Å². The number of aliphatic carboxylic acids is 1. The quantitative estimate of drug-likeness (QED) is 0.413. The molecule has 0 bridgehead atoms. The fraction of sp³-hybridized carbons (Fsp3) is 0.750. The Bertz CT molecular complexity index is 226. The Morgan fingerprint density at radius 2 is 2.19 bits per heavy atom. The topological polar surface area (TPSA) is 69.6 Å². The van der Waals surface area contributed by atoms with Crippen molar-refractivity contribution in [3.63, 3.8) is 0 Å². The summed E-state index contributed by atoms with van der Waals surface area (Å²) in [6.45, 7) is 5.54. The first-order valence-corrected chi connectivity index (χ1v) is 5.85. The van der Waals surface area contributed by atoms with Crippen LogP contribution in [0.5, 0.6) is 0 Å². The maximum absolute atomic E-state index is 10.7. The number of carboxylic acid groups (broad SMARTS) is 1. The molecule has 0 aliphatic rings. The van der Waals surface area contributed by atoms with Crippen molar-refractivity contribution in [3.05, 3.63) is 11.6 Å². The van der Waals surface area contributed by atoms with Crippen molar-refractivity contribution in [1.82, 2.24) is 5.32 Å². The van der Waals surface area contributed by atoms with Crippen molar-refractivity contribution >= 4 is 5.97 Å². The zero-order valence-corrected chi connectivity index (χ0v) is 10.2. The molecule has 0 aromatic heterocycles. The Morgan fingerprint density at radius 3 is 2.69 bits per heavy atom. The molecule has 0 aliphatic heterocycles. The van der Waals surface area contributed by atoms with Gasteiger partial charge in [-0.15, -0.1) is 0 Å². The van der Waals surface area contributed by atoms with Crippen LogP contribution in [0.2, 0.25) is 0 Å². The lowest BCUT2D eigenvalue weighted by atomic mass is 10.1. The predicted molar refractivity (Wildman–Crippen MR) is 64.4 cm³/mol. The number of rotatable bonds is 9. The second kappa shape index (κ2) is 9.36. The lowest BCUT2D eigenvalue weighted by Crippen LogP contribution is -2.17. The highest BCUT2D eigenvalue weighted by Crippen LogP contribution is 2.02. The molecule has 0 rings (SSSR count). The van der Waals surface area contributed by atoms with Gasteiger partial charge in [0.2, 0.25) is 0 Å². The van der Waals surface area contributed by atoms with Crippen LogP contribution in [0.25, 0.3) is 0 Å². The molecule has 0 heterocycles. The molecule has 1 unspecified atom stereocenters. The molecule has 0 fully saturated rings. The van der Waals surface area contributed by atoms with Gasteiger partial charge in [0, 0.05) is 18.7 Å². The molecule has 3 N–H and O–H groups in total. The molecule has 0 spiro atoms. The highest BCUT2D eigenvalue weighted by atomic mass is 16.4. The van der Waals surface area contributed by atoms with Gasteiger partial charge in [-0.25, -0.2) is 4.79 Å². The Hall–Kier alpha value is -0.870. The minimum Gasteiger partial charge on any atom is -0.478 e. The number of hydrogen-bond acceptors (Lipinski definition) is 3. The summed E-state index contributed by atoms with van der Waals surface area (Å²) in [7, 11) is 0. The number of hydrogen-bond donors (Lipinski definition) is 3. The molecule has 0 amide bonds. The van der Waals surface area contributed by atoms with Gasteiger partial charge in [0.05, 0.1) is 0 Å².